The summed E-state index contributed by atoms with van der Waals surface area (Å²) in [4.78, 5) is 10.8. The number of hydrogen-bond acceptors (Lipinski definition) is 3. The van der Waals surface area contributed by atoms with Gasteiger partial charge in [0.15, 0.2) is 5.79 Å². The number of Topliss-reactive ketones (excluding diaryl/α,β-unsaturated/α-hetero) is 1. The van der Waals surface area contributed by atoms with Crippen LogP contribution in [0.2, 0.25) is 0 Å². The second-order valence-electron chi connectivity index (χ2n) is 3.25. The molecule has 2 atom stereocenters. The molecular formula is C8H14O3. The minimum absolute atomic E-state index is 0.0987. The van der Waals surface area contributed by atoms with E-state index in [4.69, 9.17) is 9.47 Å². The molecule has 0 aromatic rings. The van der Waals surface area contributed by atoms with Crippen molar-refractivity contribution in [2.24, 2.45) is 0 Å². The SMILES string of the molecule is CC(=O)CC1(C)OCC(C)O1. The molecular weight excluding hydrogens is 144 g/mol. The average molecular weight is 158 g/mol. The van der Waals surface area contributed by atoms with Crippen LogP contribution in [0.5, 0.6) is 0 Å². The summed E-state index contributed by atoms with van der Waals surface area (Å²) in [7, 11) is 0. The molecule has 0 aliphatic carbocycles. The van der Waals surface area contributed by atoms with Gasteiger partial charge in [0.2, 0.25) is 0 Å². The van der Waals surface area contributed by atoms with E-state index in [2.05, 4.69) is 0 Å². The Labute approximate surface area is 66.7 Å². The molecule has 0 aromatic carbocycles. The fourth-order valence-corrected chi connectivity index (χ4v) is 1.33. The van der Waals surface area contributed by atoms with Gasteiger partial charge >= 0.3 is 0 Å². The van der Waals surface area contributed by atoms with Crippen LogP contribution in [0.15, 0.2) is 0 Å². The van der Waals surface area contributed by atoms with Crippen molar-refractivity contribution in [1.29, 1.82) is 0 Å². The molecule has 2 unspecified atom stereocenters. The van der Waals surface area contributed by atoms with E-state index in [1.807, 2.05) is 6.92 Å². The van der Waals surface area contributed by atoms with Crippen molar-refractivity contribution in [2.75, 3.05) is 6.61 Å². The van der Waals surface area contributed by atoms with Crippen LogP contribution < -0.4 is 0 Å². The van der Waals surface area contributed by atoms with Crippen LogP contribution in [0.1, 0.15) is 27.2 Å². The van der Waals surface area contributed by atoms with Gasteiger partial charge in [-0.25, -0.2) is 0 Å². The number of rotatable bonds is 2. The number of carbonyl (C=O) groups is 1. The van der Waals surface area contributed by atoms with E-state index in [1.165, 1.54) is 0 Å². The van der Waals surface area contributed by atoms with Gasteiger partial charge < -0.3 is 9.47 Å². The fraction of sp³-hybridized carbons (Fsp3) is 0.875. The lowest BCUT2D eigenvalue weighted by Crippen LogP contribution is -2.28. The van der Waals surface area contributed by atoms with E-state index in [0.717, 1.165) is 0 Å². The van der Waals surface area contributed by atoms with E-state index < -0.39 is 5.79 Å². The molecule has 1 aliphatic heterocycles. The minimum atomic E-state index is -0.661. The third-order valence-corrected chi connectivity index (χ3v) is 1.64. The molecule has 0 saturated carbocycles. The Hall–Kier alpha value is -0.410. The van der Waals surface area contributed by atoms with Crippen LogP contribution in [0.25, 0.3) is 0 Å². The zero-order valence-corrected chi connectivity index (χ0v) is 7.22. The third-order valence-electron chi connectivity index (χ3n) is 1.64. The summed E-state index contributed by atoms with van der Waals surface area (Å²) in [5.41, 5.74) is 0. The molecule has 3 nitrogen and oxygen atoms in total. The Morgan fingerprint density at radius 1 is 1.73 bits per heavy atom. The number of carbonyl (C=O) groups excluding carboxylic acids is 1. The normalized spacial score (nSPS) is 37.5. The molecule has 1 saturated heterocycles. The molecule has 64 valence electrons. The number of ether oxygens (including phenoxy) is 2. The van der Waals surface area contributed by atoms with Crippen molar-refractivity contribution in [3.8, 4) is 0 Å². The van der Waals surface area contributed by atoms with Gasteiger partial charge in [-0.1, -0.05) is 0 Å². The molecule has 0 amide bonds. The van der Waals surface area contributed by atoms with Gasteiger partial charge in [0.1, 0.15) is 5.78 Å². The molecule has 1 heterocycles. The fourth-order valence-electron chi connectivity index (χ4n) is 1.33. The molecule has 0 N–H and O–H groups in total. The summed E-state index contributed by atoms with van der Waals surface area (Å²) in [5, 5.41) is 0. The molecule has 1 fully saturated rings. The Kier molecular flexibility index (Phi) is 2.30. The quantitative estimate of drug-likeness (QED) is 0.604. The Morgan fingerprint density at radius 3 is 2.73 bits per heavy atom. The van der Waals surface area contributed by atoms with Gasteiger partial charge in [-0.05, 0) is 20.8 Å². The highest BCUT2D eigenvalue weighted by Gasteiger charge is 2.35. The highest BCUT2D eigenvalue weighted by atomic mass is 16.7. The highest BCUT2D eigenvalue weighted by Crippen LogP contribution is 2.26. The highest BCUT2D eigenvalue weighted by molar-refractivity contribution is 5.76. The standard InChI is InChI=1S/C8H14O3/c1-6(9)4-8(3)10-5-7(2)11-8/h7H,4-5H2,1-3H3. The lowest BCUT2D eigenvalue weighted by molar-refractivity contribution is -0.163. The van der Waals surface area contributed by atoms with Crippen molar-refractivity contribution < 1.29 is 14.3 Å². The van der Waals surface area contributed by atoms with Crippen molar-refractivity contribution in [1.82, 2.24) is 0 Å². The molecule has 0 bridgehead atoms. The Bertz CT molecular complexity index is 167. The van der Waals surface area contributed by atoms with Gasteiger partial charge in [0.05, 0.1) is 19.1 Å². The monoisotopic (exact) mass is 158 g/mol. The summed E-state index contributed by atoms with van der Waals surface area (Å²) in [6.45, 7) is 5.87. The lowest BCUT2D eigenvalue weighted by Gasteiger charge is -2.20. The Morgan fingerprint density at radius 2 is 2.36 bits per heavy atom. The first-order chi connectivity index (χ1) is 5.02. The van der Waals surface area contributed by atoms with Crippen LogP contribution >= 0.6 is 0 Å². The number of ketones is 1. The summed E-state index contributed by atoms with van der Waals surface area (Å²) in [6.07, 6.45) is 0.455. The molecule has 3 heteroatoms. The van der Waals surface area contributed by atoms with Gasteiger partial charge in [-0.2, -0.15) is 0 Å². The smallest absolute Gasteiger partial charge is 0.172 e. The molecule has 1 rings (SSSR count). The van der Waals surface area contributed by atoms with Crippen molar-refractivity contribution in [3.63, 3.8) is 0 Å². The van der Waals surface area contributed by atoms with Crippen molar-refractivity contribution in [3.05, 3.63) is 0 Å². The van der Waals surface area contributed by atoms with E-state index in [9.17, 15) is 4.79 Å². The van der Waals surface area contributed by atoms with E-state index in [0.29, 0.717) is 13.0 Å². The molecule has 0 spiro atoms. The largest absolute Gasteiger partial charge is 0.347 e. The molecule has 0 radical (unpaired) electrons. The maximum atomic E-state index is 10.8. The maximum Gasteiger partial charge on any atom is 0.172 e. The van der Waals surface area contributed by atoms with Gasteiger partial charge in [0.25, 0.3) is 0 Å². The maximum absolute atomic E-state index is 10.8. The molecule has 11 heavy (non-hydrogen) atoms. The first-order valence-electron chi connectivity index (χ1n) is 3.83. The van der Waals surface area contributed by atoms with Gasteiger partial charge in [-0.3, -0.25) is 4.79 Å². The predicted octanol–water partition coefficient (Wildman–Crippen LogP) is 1.12. The molecule has 1 aliphatic rings. The predicted molar refractivity (Wildman–Crippen MR) is 40.2 cm³/mol. The van der Waals surface area contributed by atoms with E-state index in [1.54, 1.807) is 13.8 Å². The van der Waals surface area contributed by atoms with Gasteiger partial charge in [0, 0.05) is 0 Å². The van der Waals surface area contributed by atoms with Crippen molar-refractivity contribution >= 4 is 5.78 Å². The lowest BCUT2D eigenvalue weighted by atomic mass is 10.2. The van der Waals surface area contributed by atoms with Crippen LogP contribution in [0.3, 0.4) is 0 Å². The van der Waals surface area contributed by atoms with Crippen LogP contribution in [0.4, 0.5) is 0 Å². The van der Waals surface area contributed by atoms with Gasteiger partial charge in [-0.15, -0.1) is 0 Å². The second kappa shape index (κ2) is 2.91. The zero-order valence-electron chi connectivity index (χ0n) is 7.22. The van der Waals surface area contributed by atoms with E-state index >= 15 is 0 Å². The topological polar surface area (TPSA) is 35.5 Å². The van der Waals surface area contributed by atoms with Crippen molar-refractivity contribution in [2.45, 2.75) is 39.1 Å². The van der Waals surface area contributed by atoms with E-state index in [-0.39, 0.29) is 11.9 Å². The summed E-state index contributed by atoms with van der Waals surface area (Å²) < 4.78 is 10.7. The first-order valence-corrected chi connectivity index (χ1v) is 3.83. The minimum Gasteiger partial charge on any atom is -0.347 e. The number of hydrogen-bond donors (Lipinski definition) is 0. The summed E-state index contributed by atoms with van der Waals surface area (Å²) in [5.74, 6) is -0.563. The summed E-state index contributed by atoms with van der Waals surface area (Å²) in [6, 6.07) is 0. The van der Waals surface area contributed by atoms with Crippen LogP contribution in [-0.4, -0.2) is 24.3 Å². The van der Waals surface area contributed by atoms with Crippen LogP contribution in [-0.2, 0) is 14.3 Å². The zero-order chi connectivity index (χ0) is 8.48. The molecule has 0 aromatic heterocycles. The average Bonchev–Trinajstić information content (AvgIpc) is 2.08. The third kappa shape index (κ3) is 2.27. The first kappa shape index (κ1) is 8.68. The Balaban J connectivity index is 2.48. The van der Waals surface area contributed by atoms with Crippen LogP contribution in [0, 0.1) is 0 Å². The second-order valence-corrected chi connectivity index (χ2v) is 3.25. The summed E-state index contributed by atoms with van der Waals surface area (Å²) >= 11 is 0.